The Morgan fingerprint density at radius 3 is 2.15 bits per heavy atom. The molecule has 0 atom stereocenters. The molecule has 3 rings (SSSR count). The van der Waals surface area contributed by atoms with Crippen molar-refractivity contribution in [1.82, 2.24) is 15.1 Å². The fourth-order valence-corrected chi connectivity index (χ4v) is 2.50. The third kappa shape index (κ3) is 1.60. The maximum Gasteiger partial charge on any atom is 0.0351 e. The fraction of sp³-hybridized carbons (Fsp3) is 1.00. The number of nitrogens with one attached hydrogen (secondary N) is 1. The van der Waals surface area contributed by atoms with Crippen LogP contribution in [0, 0.1) is 0 Å². The Morgan fingerprint density at radius 1 is 0.846 bits per heavy atom. The minimum Gasteiger partial charge on any atom is -0.314 e. The molecule has 0 aromatic carbocycles. The summed E-state index contributed by atoms with van der Waals surface area (Å²) in [6.45, 7) is 7.63. The monoisotopic (exact) mass is 181 g/mol. The average molecular weight is 181 g/mol. The van der Waals surface area contributed by atoms with Crippen LogP contribution in [-0.4, -0.2) is 61.2 Å². The predicted molar refractivity (Wildman–Crippen MR) is 52.8 cm³/mol. The molecule has 0 radical (unpaired) electrons. The highest BCUT2D eigenvalue weighted by Crippen LogP contribution is 2.31. The first-order valence-corrected chi connectivity index (χ1v) is 5.62. The van der Waals surface area contributed by atoms with Crippen LogP contribution in [-0.2, 0) is 0 Å². The van der Waals surface area contributed by atoms with Crippen molar-refractivity contribution in [3.63, 3.8) is 0 Å². The number of rotatable bonds is 2. The molecule has 0 aromatic rings. The SMILES string of the molecule is C1CN(C2CN(C3CC3)C2)CCN1. The van der Waals surface area contributed by atoms with Gasteiger partial charge in [-0.3, -0.25) is 9.80 Å². The molecule has 0 bridgehead atoms. The molecular formula is C10H19N3. The Kier molecular flexibility index (Phi) is 2.04. The van der Waals surface area contributed by atoms with Crippen LogP contribution >= 0.6 is 0 Å². The van der Waals surface area contributed by atoms with Gasteiger partial charge in [0.1, 0.15) is 0 Å². The van der Waals surface area contributed by atoms with E-state index in [-0.39, 0.29) is 0 Å². The van der Waals surface area contributed by atoms with Gasteiger partial charge in [0.05, 0.1) is 0 Å². The van der Waals surface area contributed by atoms with Crippen molar-refractivity contribution in [1.29, 1.82) is 0 Å². The topological polar surface area (TPSA) is 18.5 Å². The van der Waals surface area contributed by atoms with Crippen molar-refractivity contribution in [3.05, 3.63) is 0 Å². The van der Waals surface area contributed by atoms with E-state index < -0.39 is 0 Å². The summed E-state index contributed by atoms with van der Waals surface area (Å²) in [5, 5.41) is 3.41. The number of nitrogens with zero attached hydrogens (tertiary/aromatic N) is 2. The van der Waals surface area contributed by atoms with Crippen LogP contribution in [0.4, 0.5) is 0 Å². The number of piperazine rings is 1. The van der Waals surface area contributed by atoms with Crippen molar-refractivity contribution < 1.29 is 0 Å². The largest absolute Gasteiger partial charge is 0.314 e. The van der Waals surface area contributed by atoms with Crippen LogP contribution in [0.3, 0.4) is 0 Å². The van der Waals surface area contributed by atoms with Crippen LogP contribution in [0.25, 0.3) is 0 Å². The molecule has 1 N–H and O–H groups in total. The van der Waals surface area contributed by atoms with Crippen molar-refractivity contribution in [2.75, 3.05) is 39.3 Å². The standard InChI is InChI=1S/C10H19N3/c1-2-9(1)13-7-10(8-13)12-5-3-11-4-6-12/h9-11H,1-8H2. The lowest BCUT2D eigenvalue weighted by Gasteiger charge is -2.47. The second kappa shape index (κ2) is 3.23. The van der Waals surface area contributed by atoms with E-state index in [1.165, 1.54) is 52.1 Å². The zero-order chi connectivity index (χ0) is 8.67. The molecule has 2 saturated heterocycles. The molecule has 74 valence electrons. The lowest BCUT2D eigenvalue weighted by atomic mass is 10.1. The average Bonchev–Trinajstić information content (AvgIpc) is 2.88. The van der Waals surface area contributed by atoms with E-state index >= 15 is 0 Å². The van der Waals surface area contributed by atoms with Crippen molar-refractivity contribution in [2.45, 2.75) is 24.9 Å². The molecule has 1 saturated carbocycles. The molecule has 3 aliphatic rings. The van der Waals surface area contributed by atoms with Crippen molar-refractivity contribution >= 4 is 0 Å². The van der Waals surface area contributed by atoms with Crippen LogP contribution in [0.2, 0.25) is 0 Å². The minimum absolute atomic E-state index is 0.891. The van der Waals surface area contributed by atoms with Gasteiger partial charge in [-0.15, -0.1) is 0 Å². The van der Waals surface area contributed by atoms with Crippen LogP contribution in [0.15, 0.2) is 0 Å². The highest BCUT2D eigenvalue weighted by Gasteiger charge is 2.40. The number of hydrogen-bond acceptors (Lipinski definition) is 3. The van der Waals surface area contributed by atoms with E-state index in [0.29, 0.717) is 0 Å². The van der Waals surface area contributed by atoms with Gasteiger partial charge in [-0.2, -0.15) is 0 Å². The maximum atomic E-state index is 3.41. The summed E-state index contributed by atoms with van der Waals surface area (Å²) in [7, 11) is 0. The fourth-order valence-electron chi connectivity index (χ4n) is 2.50. The summed E-state index contributed by atoms with van der Waals surface area (Å²) in [6.07, 6.45) is 2.93. The number of likely N-dealkylation sites (tertiary alicyclic amines) is 1. The third-order valence-corrected chi connectivity index (χ3v) is 3.62. The van der Waals surface area contributed by atoms with E-state index in [0.717, 1.165) is 12.1 Å². The zero-order valence-corrected chi connectivity index (χ0v) is 8.21. The Balaban J connectivity index is 1.46. The van der Waals surface area contributed by atoms with Gasteiger partial charge in [0.25, 0.3) is 0 Å². The zero-order valence-electron chi connectivity index (χ0n) is 8.21. The van der Waals surface area contributed by atoms with Gasteiger partial charge < -0.3 is 5.32 Å². The Morgan fingerprint density at radius 2 is 1.54 bits per heavy atom. The molecule has 3 fully saturated rings. The van der Waals surface area contributed by atoms with E-state index in [2.05, 4.69) is 15.1 Å². The van der Waals surface area contributed by atoms with E-state index in [1.54, 1.807) is 0 Å². The maximum absolute atomic E-state index is 3.41. The smallest absolute Gasteiger partial charge is 0.0351 e. The summed E-state index contributed by atoms with van der Waals surface area (Å²) >= 11 is 0. The van der Waals surface area contributed by atoms with Crippen molar-refractivity contribution in [3.8, 4) is 0 Å². The first kappa shape index (κ1) is 8.21. The van der Waals surface area contributed by atoms with Gasteiger partial charge >= 0.3 is 0 Å². The molecule has 3 nitrogen and oxygen atoms in total. The van der Waals surface area contributed by atoms with E-state index in [1.807, 2.05) is 0 Å². The number of hydrogen-bond donors (Lipinski definition) is 1. The molecule has 0 aromatic heterocycles. The van der Waals surface area contributed by atoms with Gasteiger partial charge in [0, 0.05) is 51.4 Å². The molecular weight excluding hydrogens is 162 g/mol. The Labute approximate surface area is 80.1 Å². The van der Waals surface area contributed by atoms with Gasteiger partial charge in [0.2, 0.25) is 0 Å². The lowest BCUT2D eigenvalue weighted by molar-refractivity contribution is 0.0221. The molecule has 1 aliphatic carbocycles. The molecule has 13 heavy (non-hydrogen) atoms. The molecule has 0 unspecified atom stereocenters. The van der Waals surface area contributed by atoms with Gasteiger partial charge in [0.15, 0.2) is 0 Å². The highest BCUT2D eigenvalue weighted by atomic mass is 15.3. The second-order valence-electron chi connectivity index (χ2n) is 4.62. The summed E-state index contributed by atoms with van der Waals surface area (Å²) in [6, 6.07) is 1.88. The lowest BCUT2D eigenvalue weighted by Crippen LogP contribution is -2.63. The second-order valence-corrected chi connectivity index (χ2v) is 4.62. The minimum atomic E-state index is 0.891. The molecule has 3 heteroatoms. The Bertz CT molecular complexity index is 179. The van der Waals surface area contributed by atoms with Gasteiger partial charge in [-0.1, -0.05) is 0 Å². The van der Waals surface area contributed by atoms with E-state index in [9.17, 15) is 0 Å². The van der Waals surface area contributed by atoms with Crippen LogP contribution in [0.1, 0.15) is 12.8 Å². The molecule has 2 aliphatic heterocycles. The summed E-state index contributed by atoms with van der Waals surface area (Å²) in [4.78, 5) is 5.32. The molecule has 2 heterocycles. The van der Waals surface area contributed by atoms with Crippen LogP contribution in [0.5, 0.6) is 0 Å². The van der Waals surface area contributed by atoms with Crippen molar-refractivity contribution in [2.24, 2.45) is 0 Å². The third-order valence-electron chi connectivity index (χ3n) is 3.62. The van der Waals surface area contributed by atoms with Gasteiger partial charge in [-0.25, -0.2) is 0 Å². The summed E-state index contributed by atoms with van der Waals surface area (Å²) in [5.41, 5.74) is 0. The highest BCUT2D eigenvalue weighted by molar-refractivity contribution is 4.97. The first-order valence-electron chi connectivity index (χ1n) is 5.62. The molecule has 0 spiro atoms. The van der Waals surface area contributed by atoms with E-state index in [4.69, 9.17) is 0 Å². The Hall–Kier alpha value is -0.120. The normalized spacial score (nSPS) is 33.2. The summed E-state index contributed by atoms with van der Waals surface area (Å²) in [5.74, 6) is 0. The summed E-state index contributed by atoms with van der Waals surface area (Å²) < 4.78 is 0. The molecule has 0 amide bonds. The predicted octanol–water partition coefficient (Wildman–Crippen LogP) is -0.262. The van der Waals surface area contributed by atoms with Gasteiger partial charge in [-0.05, 0) is 12.8 Å². The first-order chi connectivity index (χ1) is 6.43. The quantitative estimate of drug-likeness (QED) is 0.633. The van der Waals surface area contributed by atoms with Crippen LogP contribution < -0.4 is 5.32 Å².